The Morgan fingerprint density at radius 2 is 1.84 bits per heavy atom. The third kappa shape index (κ3) is 6.35. The number of fused-ring (bicyclic) bond motifs is 1. The molecule has 0 bridgehead atoms. The molecule has 3 heterocycles. The van der Waals surface area contributed by atoms with Crippen LogP contribution in [0.4, 0.5) is 0 Å². The lowest BCUT2D eigenvalue weighted by molar-refractivity contribution is -0.123. The van der Waals surface area contributed by atoms with Crippen LogP contribution in [0.5, 0.6) is 5.75 Å². The van der Waals surface area contributed by atoms with Gasteiger partial charge in [-0.3, -0.25) is 14.2 Å². The lowest BCUT2D eigenvalue weighted by atomic mass is 10.0. The summed E-state index contributed by atoms with van der Waals surface area (Å²) in [7, 11) is 5.51. The van der Waals surface area contributed by atoms with Crippen molar-refractivity contribution in [3.05, 3.63) is 69.7 Å². The summed E-state index contributed by atoms with van der Waals surface area (Å²) in [5.41, 5.74) is 2.41. The number of carbonyl (C=O) groups excluding carboxylic acids is 1. The number of methoxy groups -OCH3 is 1. The fourth-order valence-corrected chi connectivity index (χ4v) is 4.37. The van der Waals surface area contributed by atoms with E-state index in [2.05, 4.69) is 20.3 Å². The van der Waals surface area contributed by atoms with Crippen LogP contribution in [-0.2, 0) is 17.9 Å². The molecule has 3 aromatic heterocycles. The highest BCUT2D eigenvalue weighted by molar-refractivity contribution is 6.31. The molecule has 1 N–H and O–H groups in total. The molecule has 0 saturated heterocycles. The molecule has 0 spiro atoms. The summed E-state index contributed by atoms with van der Waals surface area (Å²) in [5, 5.41) is 3.79. The van der Waals surface area contributed by atoms with Gasteiger partial charge in [-0.05, 0) is 82.4 Å². The van der Waals surface area contributed by atoms with E-state index in [1.165, 1.54) is 10.8 Å². The third-order valence-electron chi connectivity index (χ3n) is 5.62. The lowest BCUT2D eigenvalue weighted by Crippen LogP contribution is -2.43. The van der Waals surface area contributed by atoms with Gasteiger partial charge in [0.05, 0.1) is 18.7 Å². The van der Waals surface area contributed by atoms with Crippen molar-refractivity contribution >= 4 is 28.5 Å². The summed E-state index contributed by atoms with van der Waals surface area (Å²) in [5.74, 6) is 0.486. The number of halogens is 1. The van der Waals surface area contributed by atoms with Crippen molar-refractivity contribution in [3.63, 3.8) is 0 Å². The highest BCUT2D eigenvalue weighted by atomic mass is 35.5. The third-order valence-corrected chi connectivity index (χ3v) is 5.83. The maximum absolute atomic E-state index is 13.8. The zero-order chi connectivity index (χ0) is 27.6. The standard InChI is InChI=1S/C28H31ClN6O3/c1-28(2,3)33-24(36)16-35-26(23-8-7-21(38-6)14-30-23)32-25-22(27(35)37)12-19(13-31-25)18-9-17(15-34(4)5)10-20(29)11-18/h7-14H,15-16H2,1-6H3,(H,33,36). The summed E-state index contributed by atoms with van der Waals surface area (Å²) in [6.07, 6.45) is 3.20. The van der Waals surface area contributed by atoms with Crippen LogP contribution in [0.1, 0.15) is 26.3 Å². The molecular formula is C28H31ClN6O3. The van der Waals surface area contributed by atoms with Crippen LogP contribution in [-0.4, -0.2) is 57.1 Å². The largest absolute Gasteiger partial charge is 0.495 e. The summed E-state index contributed by atoms with van der Waals surface area (Å²) in [6, 6.07) is 10.9. The molecule has 1 amide bonds. The lowest BCUT2D eigenvalue weighted by Gasteiger charge is -2.21. The molecule has 0 aliphatic heterocycles. The minimum atomic E-state index is -0.463. The van der Waals surface area contributed by atoms with Gasteiger partial charge < -0.3 is 15.0 Å². The Morgan fingerprint density at radius 3 is 2.47 bits per heavy atom. The maximum Gasteiger partial charge on any atom is 0.263 e. The molecule has 0 saturated carbocycles. The minimum Gasteiger partial charge on any atom is -0.495 e. The summed E-state index contributed by atoms with van der Waals surface area (Å²) in [6.45, 7) is 6.12. The van der Waals surface area contributed by atoms with Gasteiger partial charge in [0, 0.05) is 28.9 Å². The van der Waals surface area contributed by atoms with Gasteiger partial charge in [-0.1, -0.05) is 11.6 Å². The molecule has 0 radical (unpaired) electrons. The van der Waals surface area contributed by atoms with Crippen molar-refractivity contribution in [1.29, 1.82) is 0 Å². The van der Waals surface area contributed by atoms with E-state index in [1.54, 1.807) is 31.5 Å². The number of pyridine rings is 2. The van der Waals surface area contributed by atoms with Crippen LogP contribution < -0.4 is 15.6 Å². The van der Waals surface area contributed by atoms with Crippen LogP contribution in [0.25, 0.3) is 33.7 Å². The quantitative estimate of drug-likeness (QED) is 0.380. The number of hydrogen-bond acceptors (Lipinski definition) is 7. The first kappa shape index (κ1) is 27.2. The Morgan fingerprint density at radius 1 is 1.08 bits per heavy atom. The van der Waals surface area contributed by atoms with Gasteiger partial charge in [0.1, 0.15) is 18.0 Å². The Hall–Kier alpha value is -3.82. The molecule has 0 aliphatic rings. The SMILES string of the molecule is COc1ccc(-c2nc3ncc(-c4cc(Cl)cc(CN(C)C)c4)cc3c(=O)n2CC(=O)NC(C)(C)C)nc1. The second-order valence-corrected chi connectivity index (χ2v) is 10.8. The number of rotatable bonds is 7. The average molecular weight is 535 g/mol. The van der Waals surface area contributed by atoms with E-state index in [0.717, 1.165) is 16.7 Å². The van der Waals surface area contributed by atoms with Crippen LogP contribution in [0.2, 0.25) is 5.02 Å². The number of ether oxygens (including phenoxy) is 1. The van der Waals surface area contributed by atoms with E-state index in [1.807, 2.05) is 58.0 Å². The van der Waals surface area contributed by atoms with Gasteiger partial charge in [0.25, 0.3) is 5.56 Å². The van der Waals surface area contributed by atoms with Gasteiger partial charge in [-0.2, -0.15) is 0 Å². The van der Waals surface area contributed by atoms with Crippen molar-refractivity contribution in [3.8, 4) is 28.4 Å². The van der Waals surface area contributed by atoms with Crippen molar-refractivity contribution in [1.82, 2.24) is 29.7 Å². The van der Waals surface area contributed by atoms with Crippen molar-refractivity contribution in [2.45, 2.75) is 39.4 Å². The highest BCUT2D eigenvalue weighted by Crippen LogP contribution is 2.27. The molecule has 1 aromatic carbocycles. The highest BCUT2D eigenvalue weighted by Gasteiger charge is 2.20. The van der Waals surface area contributed by atoms with E-state index < -0.39 is 11.1 Å². The van der Waals surface area contributed by atoms with Gasteiger partial charge >= 0.3 is 0 Å². The Kier molecular flexibility index (Phi) is 7.80. The average Bonchev–Trinajstić information content (AvgIpc) is 2.83. The van der Waals surface area contributed by atoms with E-state index >= 15 is 0 Å². The van der Waals surface area contributed by atoms with Crippen molar-refractivity contribution in [2.24, 2.45) is 0 Å². The van der Waals surface area contributed by atoms with E-state index in [-0.39, 0.29) is 29.3 Å². The first-order valence-electron chi connectivity index (χ1n) is 12.1. The maximum atomic E-state index is 13.8. The van der Waals surface area contributed by atoms with Crippen molar-refractivity contribution in [2.75, 3.05) is 21.2 Å². The Bertz CT molecular complexity index is 1540. The number of benzene rings is 1. The number of aromatic nitrogens is 4. The van der Waals surface area contributed by atoms with Crippen LogP contribution >= 0.6 is 11.6 Å². The summed E-state index contributed by atoms with van der Waals surface area (Å²) in [4.78, 5) is 42.3. The molecule has 198 valence electrons. The topological polar surface area (TPSA) is 102 Å². The van der Waals surface area contributed by atoms with Crippen LogP contribution in [0.15, 0.2) is 53.6 Å². The molecule has 0 unspecified atom stereocenters. The van der Waals surface area contributed by atoms with E-state index in [4.69, 9.17) is 16.3 Å². The Balaban J connectivity index is 1.87. The van der Waals surface area contributed by atoms with E-state index in [0.29, 0.717) is 23.0 Å². The molecule has 10 heteroatoms. The number of amides is 1. The monoisotopic (exact) mass is 534 g/mol. The Labute approximate surface area is 226 Å². The normalized spacial score (nSPS) is 11.7. The molecule has 0 fully saturated rings. The predicted molar refractivity (Wildman–Crippen MR) is 149 cm³/mol. The smallest absolute Gasteiger partial charge is 0.263 e. The van der Waals surface area contributed by atoms with Gasteiger partial charge in [0.2, 0.25) is 5.91 Å². The number of carbonyl (C=O) groups is 1. The fraction of sp³-hybridized carbons (Fsp3) is 0.321. The first-order valence-corrected chi connectivity index (χ1v) is 12.5. The summed E-state index contributed by atoms with van der Waals surface area (Å²) < 4.78 is 6.53. The number of nitrogens with zero attached hydrogens (tertiary/aromatic N) is 5. The van der Waals surface area contributed by atoms with Crippen LogP contribution in [0, 0.1) is 0 Å². The zero-order valence-corrected chi connectivity index (χ0v) is 23.1. The first-order chi connectivity index (χ1) is 17.9. The fourth-order valence-electron chi connectivity index (χ4n) is 4.11. The minimum absolute atomic E-state index is 0.226. The molecule has 0 atom stereocenters. The van der Waals surface area contributed by atoms with Gasteiger partial charge in [-0.25, -0.2) is 15.0 Å². The van der Waals surface area contributed by atoms with Gasteiger partial charge in [-0.15, -0.1) is 0 Å². The molecule has 4 rings (SSSR count). The van der Waals surface area contributed by atoms with Crippen LogP contribution in [0.3, 0.4) is 0 Å². The second-order valence-electron chi connectivity index (χ2n) is 10.4. The molecule has 0 aliphatic carbocycles. The van der Waals surface area contributed by atoms with Gasteiger partial charge in [0.15, 0.2) is 11.5 Å². The summed E-state index contributed by atoms with van der Waals surface area (Å²) >= 11 is 6.40. The molecule has 4 aromatic rings. The molecular weight excluding hydrogens is 504 g/mol. The van der Waals surface area contributed by atoms with Crippen molar-refractivity contribution < 1.29 is 9.53 Å². The molecule has 38 heavy (non-hydrogen) atoms. The molecule has 9 nitrogen and oxygen atoms in total. The second kappa shape index (κ2) is 10.9. The predicted octanol–water partition coefficient (Wildman–Crippen LogP) is 4.16. The number of nitrogens with one attached hydrogen (secondary N) is 1. The number of hydrogen-bond donors (Lipinski definition) is 1. The zero-order valence-electron chi connectivity index (χ0n) is 22.4. The van der Waals surface area contributed by atoms with E-state index in [9.17, 15) is 9.59 Å².